The summed E-state index contributed by atoms with van der Waals surface area (Å²) in [5.74, 6) is -0.170. The molecule has 1 aliphatic heterocycles. The Balaban J connectivity index is 2.26. The molecule has 0 amide bonds. The molecule has 1 fully saturated rings. The van der Waals surface area contributed by atoms with Gasteiger partial charge in [0.15, 0.2) is 0 Å². The third-order valence-corrected chi connectivity index (χ3v) is 4.03. The van der Waals surface area contributed by atoms with Gasteiger partial charge in [-0.3, -0.25) is 4.90 Å². The van der Waals surface area contributed by atoms with E-state index in [0.29, 0.717) is 12.1 Å². The lowest BCUT2D eigenvalue weighted by Crippen LogP contribution is -2.59. The van der Waals surface area contributed by atoms with Crippen LogP contribution < -0.4 is 5.32 Å². The molecule has 2 nitrogen and oxygen atoms in total. The van der Waals surface area contributed by atoms with Gasteiger partial charge in [-0.25, -0.2) is 4.39 Å². The molecule has 1 N–H and O–H groups in total. The van der Waals surface area contributed by atoms with Crippen molar-refractivity contribution in [2.75, 3.05) is 13.1 Å². The van der Waals surface area contributed by atoms with Gasteiger partial charge in [0.05, 0.1) is 0 Å². The first-order valence-electron chi connectivity index (χ1n) is 6.67. The second kappa shape index (κ2) is 4.98. The molecule has 2 atom stereocenters. The number of nitrogens with zero attached hydrogens (tertiary/aromatic N) is 1. The minimum atomic E-state index is -0.170. The lowest BCUT2D eigenvalue weighted by atomic mass is 9.89. The van der Waals surface area contributed by atoms with Gasteiger partial charge in [-0.1, -0.05) is 12.1 Å². The van der Waals surface area contributed by atoms with E-state index in [4.69, 9.17) is 0 Å². The minimum Gasteiger partial charge on any atom is -0.311 e. The summed E-state index contributed by atoms with van der Waals surface area (Å²) >= 11 is 0. The Bertz CT molecular complexity index is 399. The smallest absolute Gasteiger partial charge is 0.123 e. The summed E-state index contributed by atoms with van der Waals surface area (Å²) in [6.45, 7) is 10.9. The number of rotatable bonds is 2. The lowest BCUT2D eigenvalue weighted by Gasteiger charge is -2.47. The van der Waals surface area contributed by atoms with E-state index in [0.717, 1.165) is 13.1 Å². The van der Waals surface area contributed by atoms with E-state index < -0.39 is 0 Å². The highest BCUT2D eigenvalue weighted by molar-refractivity contribution is 5.24. The summed E-state index contributed by atoms with van der Waals surface area (Å²) < 4.78 is 13.0. The van der Waals surface area contributed by atoms with Crippen LogP contribution in [-0.2, 0) is 5.54 Å². The first-order valence-corrected chi connectivity index (χ1v) is 6.67. The minimum absolute atomic E-state index is 0.0660. The molecule has 100 valence electrons. The van der Waals surface area contributed by atoms with Gasteiger partial charge in [0, 0.05) is 30.7 Å². The highest BCUT2D eigenvalue weighted by Gasteiger charge is 2.35. The van der Waals surface area contributed by atoms with Crippen LogP contribution in [0.1, 0.15) is 33.3 Å². The fraction of sp³-hybridized carbons (Fsp3) is 0.600. The van der Waals surface area contributed by atoms with Crippen LogP contribution >= 0.6 is 0 Å². The molecule has 1 saturated heterocycles. The molecule has 0 saturated carbocycles. The summed E-state index contributed by atoms with van der Waals surface area (Å²) in [4.78, 5) is 2.50. The Labute approximate surface area is 109 Å². The second-order valence-electron chi connectivity index (χ2n) is 5.88. The van der Waals surface area contributed by atoms with E-state index in [9.17, 15) is 4.39 Å². The maximum atomic E-state index is 13.0. The first-order chi connectivity index (χ1) is 8.41. The Kier molecular flexibility index (Phi) is 3.74. The summed E-state index contributed by atoms with van der Waals surface area (Å²) in [5, 5.41) is 3.49. The van der Waals surface area contributed by atoms with Gasteiger partial charge in [-0.2, -0.15) is 0 Å². The molecule has 0 radical (unpaired) electrons. The lowest BCUT2D eigenvalue weighted by molar-refractivity contribution is 0.0393. The summed E-state index contributed by atoms with van der Waals surface area (Å²) in [5.41, 5.74) is 1.11. The van der Waals surface area contributed by atoms with Gasteiger partial charge < -0.3 is 5.32 Å². The normalized spacial score (nSPS) is 26.3. The highest BCUT2D eigenvalue weighted by atomic mass is 19.1. The van der Waals surface area contributed by atoms with E-state index in [1.807, 2.05) is 12.1 Å². The average Bonchev–Trinajstić information content (AvgIpc) is 2.32. The Morgan fingerprint density at radius 1 is 1.22 bits per heavy atom. The molecule has 1 aromatic rings. The van der Waals surface area contributed by atoms with Crippen LogP contribution in [0.25, 0.3) is 0 Å². The average molecular weight is 250 g/mol. The molecule has 0 aliphatic carbocycles. The number of halogens is 1. The molecule has 0 spiro atoms. The zero-order valence-electron chi connectivity index (χ0n) is 11.7. The van der Waals surface area contributed by atoms with Crippen LogP contribution in [0.3, 0.4) is 0 Å². The second-order valence-corrected chi connectivity index (χ2v) is 5.88. The van der Waals surface area contributed by atoms with Crippen LogP contribution in [0.4, 0.5) is 4.39 Å². The molecular formula is C15H23FN2. The standard InChI is InChI=1S/C15H23FN2/c1-11-10-18(12(2)9-17-11)15(3,4)13-5-7-14(16)8-6-13/h5-8,11-12,17H,9-10H2,1-4H3/t11-,12+/m0/s1. The van der Waals surface area contributed by atoms with Crippen molar-refractivity contribution in [3.8, 4) is 0 Å². The first kappa shape index (κ1) is 13.5. The molecule has 1 aromatic carbocycles. The van der Waals surface area contributed by atoms with Crippen molar-refractivity contribution >= 4 is 0 Å². The van der Waals surface area contributed by atoms with E-state index >= 15 is 0 Å². The van der Waals surface area contributed by atoms with Crippen molar-refractivity contribution in [1.29, 1.82) is 0 Å². The maximum absolute atomic E-state index is 13.0. The van der Waals surface area contributed by atoms with E-state index in [1.54, 1.807) is 12.1 Å². The molecule has 1 heterocycles. The van der Waals surface area contributed by atoms with Gasteiger partial charge in [-0.05, 0) is 45.4 Å². The summed E-state index contributed by atoms with van der Waals surface area (Å²) in [6.07, 6.45) is 0. The molecule has 1 aliphatic rings. The van der Waals surface area contributed by atoms with Gasteiger partial charge in [0.1, 0.15) is 5.82 Å². The molecule has 0 aromatic heterocycles. The van der Waals surface area contributed by atoms with Crippen molar-refractivity contribution in [3.63, 3.8) is 0 Å². The van der Waals surface area contributed by atoms with Crippen LogP contribution in [0, 0.1) is 5.82 Å². The number of hydrogen-bond acceptors (Lipinski definition) is 2. The molecule has 0 bridgehead atoms. The Morgan fingerprint density at radius 3 is 2.44 bits per heavy atom. The van der Waals surface area contributed by atoms with Gasteiger partial charge in [0.2, 0.25) is 0 Å². The van der Waals surface area contributed by atoms with Crippen LogP contribution in [0.2, 0.25) is 0 Å². The molecule has 3 heteroatoms. The molecular weight excluding hydrogens is 227 g/mol. The van der Waals surface area contributed by atoms with Crippen LogP contribution in [0.15, 0.2) is 24.3 Å². The van der Waals surface area contributed by atoms with Crippen molar-refractivity contribution in [2.45, 2.75) is 45.3 Å². The number of benzene rings is 1. The van der Waals surface area contributed by atoms with E-state index in [-0.39, 0.29) is 11.4 Å². The highest BCUT2D eigenvalue weighted by Crippen LogP contribution is 2.31. The topological polar surface area (TPSA) is 15.3 Å². The number of hydrogen-bond donors (Lipinski definition) is 1. The third-order valence-electron chi connectivity index (χ3n) is 4.03. The quantitative estimate of drug-likeness (QED) is 0.868. The zero-order valence-corrected chi connectivity index (χ0v) is 11.7. The van der Waals surface area contributed by atoms with E-state index in [2.05, 4.69) is 37.9 Å². The van der Waals surface area contributed by atoms with Gasteiger partial charge >= 0.3 is 0 Å². The maximum Gasteiger partial charge on any atom is 0.123 e. The van der Waals surface area contributed by atoms with Crippen molar-refractivity contribution < 1.29 is 4.39 Å². The van der Waals surface area contributed by atoms with Gasteiger partial charge in [-0.15, -0.1) is 0 Å². The zero-order chi connectivity index (χ0) is 13.3. The molecule has 18 heavy (non-hydrogen) atoms. The van der Waals surface area contributed by atoms with E-state index in [1.165, 1.54) is 5.56 Å². The number of nitrogens with one attached hydrogen (secondary N) is 1. The number of piperazine rings is 1. The monoisotopic (exact) mass is 250 g/mol. The fourth-order valence-corrected chi connectivity index (χ4v) is 2.82. The SMILES string of the molecule is C[C@@H]1CN[C@@H](C)CN1C(C)(C)c1ccc(F)cc1. The Hall–Kier alpha value is -0.930. The summed E-state index contributed by atoms with van der Waals surface area (Å²) in [6, 6.07) is 7.88. The van der Waals surface area contributed by atoms with Gasteiger partial charge in [0.25, 0.3) is 0 Å². The third kappa shape index (κ3) is 2.57. The Morgan fingerprint density at radius 2 is 1.83 bits per heavy atom. The van der Waals surface area contributed by atoms with Crippen molar-refractivity contribution in [3.05, 3.63) is 35.6 Å². The van der Waals surface area contributed by atoms with Crippen LogP contribution in [-0.4, -0.2) is 30.1 Å². The largest absolute Gasteiger partial charge is 0.311 e. The molecule has 0 unspecified atom stereocenters. The summed E-state index contributed by atoms with van der Waals surface area (Å²) in [7, 11) is 0. The fourth-order valence-electron chi connectivity index (χ4n) is 2.82. The predicted molar refractivity (Wildman–Crippen MR) is 73.1 cm³/mol. The predicted octanol–water partition coefficient (Wildman–Crippen LogP) is 2.74. The molecule has 2 rings (SSSR count). The van der Waals surface area contributed by atoms with Crippen molar-refractivity contribution in [1.82, 2.24) is 10.2 Å². The van der Waals surface area contributed by atoms with Crippen LogP contribution in [0.5, 0.6) is 0 Å². The van der Waals surface area contributed by atoms with Crippen molar-refractivity contribution in [2.24, 2.45) is 0 Å².